The van der Waals surface area contributed by atoms with Crippen LogP contribution in [0.25, 0.3) is 0 Å². The van der Waals surface area contributed by atoms with Gasteiger partial charge >= 0.3 is 5.97 Å². The van der Waals surface area contributed by atoms with Crippen LogP contribution in [0.15, 0.2) is 21.2 Å². The number of carboxylic acids is 1. The topological polar surface area (TPSA) is 62.2 Å². The number of carboxylic acid groups (broad SMARTS) is 1. The fraction of sp³-hybridized carbons (Fsp3) is 0.538. The molecule has 6 heteroatoms. The van der Waals surface area contributed by atoms with E-state index in [4.69, 9.17) is 5.11 Å². The number of halogens is 2. The Kier molecular flexibility index (Phi) is 5.36. The molecule has 1 aliphatic carbocycles. The van der Waals surface area contributed by atoms with Gasteiger partial charge in [-0.3, -0.25) is 9.78 Å². The zero-order valence-electron chi connectivity index (χ0n) is 10.4. The van der Waals surface area contributed by atoms with Crippen molar-refractivity contribution in [2.45, 2.75) is 38.3 Å². The maximum Gasteiger partial charge on any atom is 0.306 e. The lowest BCUT2D eigenvalue weighted by atomic mass is 9.86. The molecule has 0 atom stereocenters. The SMILES string of the molecule is O=C(O)C1CCC(NCc2ncc(Br)cc2Br)CC1. The Labute approximate surface area is 129 Å². The number of aliphatic carboxylic acids is 1. The Morgan fingerprint density at radius 3 is 2.63 bits per heavy atom. The van der Waals surface area contributed by atoms with Crippen molar-refractivity contribution in [3.05, 3.63) is 26.9 Å². The number of nitrogens with zero attached hydrogens (tertiary/aromatic N) is 1. The number of carbonyl (C=O) groups is 1. The van der Waals surface area contributed by atoms with Crippen molar-refractivity contribution in [1.29, 1.82) is 0 Å². The van der Waals surface area contributed by atoms with Gasteiger partial charge in [0, 0.05) is 27.7 Å². The van der Waals surface area contributed by atoms with Gasteiger partial charge in [-0.05, 0) is 63.6 Å². The normalized spacial score (nSPS) is 23.3. The Bertz CT molecular complexity index is 460. The van der Waals surface area contributed by atoms with Gasteiger partial charge in [0.15, 0.2) is 0 Å². The third-order valence-electron chi connectivity index (χ3n) is 3.52. The van der Waals surface area contributed by atoms with Crippen LogP contribution in [-0.4, -0.2) is 22.1 Å². The summed E-state index contributed by atoms with van der Waals surface area (Å²) in [4.78, 5) is 15.2. The van der Waals surface area contributed by atoms with E-state index in [0.29, 0.717) is 12.6 Å². The molecular weight excluding hydrogens is 376 g/mol. The summed E-state index contributed by atoms with van der Waals surface area (Å²) in [6, 6.07) is 2.37. The van der Waals surface area contributed by atoms with Crippen molar-refractivity contribution in [2.24, 2.45) is 5.92 Å². The maximum atomic E-state index is 10.9. The lowest BCUT2D eigenvalue weighted by Gasteiger charge is -2.26. The third-order valence-corrected chi connectivity index (χ3v) is 4.64. The van der Waals surface area contributed by atoms with Gasteiger partial charge in [0.05, 0.1) is 11.6 Å². The minimum atomic E-state index is -0.657. The van der Waals surface area contributed by atoms with Gasteiger partial charge in [-0.15, -0.1) is 0 Å². The first-order valence-electron chi connectivity index (χ1n) is 6.32. The van der Waals surface area contributed by atoms with Gasteiger partial charge in [-0.1, -0.05) is 0 Å². The van der Waals surface area contributed by atoms with Crippen LogP contribution in [0, 0.1) is 5.92 Å². The van der Waals surface area contributed by atoms with E-state index in [1.54, 1.807) is 6.20 Å². The van der Waals surface area contributed by atoms with Crippen LogP contribution < -0.4 is 5.32 Å². The van der Waals surface area contributed by atoms with E-state index in [9.17, 15) is 4.79 Å². The third kappa shape index (κ3) is 4.26. The van der Waals surface area contributed by atoms with E-state index >= 15 is 0 Å². The van der Waals surface area contributed by atoms with Crippen molar-refractivity contribution in [3.63, 3.8) is 0 Å². The molecule has 1 aromatic rings. The number of aromatic nitrogens is 1. The second-order valence-corrected chi connectivity index (χ2v) is 6.62. The molecule has 0 unspecified atom stereocenters. The number of nitrogens with one attached hydrogen (secondary N) is 1. The lowest BCUT2D eigenvalue weighted by molar-refractivity contribution is -0.142. The second-order valence-electron chi connectivity index (χ2n) is 4.85. The summed E-state index contributed by atoms with van der Waals surface area (Å²) in [6.45, 7) is 0.705. The van der Waals surface area contributed by atoms with Gasteiger partial charge in [-0.2, -0.15) is 0 Å². The summed E-state index contributed by atoms with van der Waals surface area (Å²) in [5, 5.41) is 12.4. The number of hydrogen-bond acceptors (Lipinski definition) is 3. The van der Waals surface area contributed by atoms with Crippen LogP contribution in [0.5, 0.6) is 0 Å². The lowest BCUT2D eigenvalue weighted by Crippen LogP contribution is -2.34. The highest BCUT2D eigenvalue weighted by molar-refractivity contribution is 9.11. The van der Waals surface area contributed by atoms with Crippen molar-refractivity contribution >= 4 is 37.8 Å². The highest BCUT2D eigenvalue weighted by Crippen LogP contribution is 2.25. The second kappa shape index (κ2) is 6.81. The highest BCUT2D eigenvalue weighted by atomic mass is 79.9. The zero-order valence-corrected chi connectivity index (χ0v) is 13.6. The molecule has 104 valence electrons. The molecule has 1 heterocycles. The Morgan fingerprint density at radius 2 is 2.05 bits per heavy atom. The Balaban J connectivity index is 1.82. The number of hydrogen-bond donors (Lipinski definition) is 2. The molecule has 0 amide bonds. The molecule has 1 fully saturated rings. The molecule has 1 saturated carbocycles. The molecule has 0 bridgehead atoms. The Morgan fingerprint density at radius 1 is 1.37 bits per heavy atom. The van der Waals surface area contributed by atoms with Crippen molar-refractivity contribution < 1.29 is 9.90 Å². The maximum absolute atomic E-state index is 10.9. The van der Waals surface area contributed by atoms with Crippen molar-refractivity contribution in [3.8, 4) is 0 Å². The largest absolute Gasteiger partial charge is 0.481 e. The first kappa shape index (κ1) is 14.9. The van der Waals surface area contributed by atoms with Crippen LogP contribution in [0.4, 0.5) is 0 Å². The summed E-state index contributed by atoms with van der Waals surface area (Å²) in [5.74, 6) is -0.814. The van der Waals surface area contributed by atoms with Gasteiger partial charge in [0.1, 0.15) is 0 Å². The fourth-order valence-corrected chi connectivity index (χ4v) is 3.49. The molecule has 0 saturated heterocycles. The molecule has 19 heavy (non-hydrogen) atoms. The van der Waals surface area contributed by atoms with E-state index < -0.39 is 5.97 Å². The van der Waals surface area contributed by atoms with Crippen LogP contribution in [0.3, 0.4) is 0 Å². The van der Waals surface area contributed by atoms with Crippen LogP contribution in [-0.2, 0) is 11.3 Å². The molecule has 0 spiro atoms. The van der Waals surface area contributed by atoms with E-state index in [-0.39, 0.29) is 5.92 Å². The standard InChI is InChI=1S/C13H16Br2N2O2/c14-9-5-11(15)12(17-6-9)7-16-10-3-1-8(2-4-10)13(18)19/h5-6,8,10,16H,1-4,7H2,(H,18,19). The van der Waals surface area contributed by atoms with Crippen LogP contribution in [0.2, 0.25) is 0 Å². The molecule has 4 nitrogen and oxygen atoms in total. The van der Waals surface area contributed by atoms with Crippen LogP contribution in [0.1, 0.15) is 31.4 Å². The first-order chi connectivity index (χ1) is 9.06. The van der Waals surface area contributed by atoms with Gasteiger partial charge in [-0.25, -0.2) is 0 Å². The summed E-state index contributed by atoms with van der Waals surface area (Å²) >= 11 is 6.87. The van der Waals surface area contributed by atoms with E-state index in [0.717, 1.165) is 40.3 Å². The predicted octanol–water partition coefficient (Wildman–Crippen LogP) is 3.34. The van der Waals surface area contributed by atoms with Crippen molar-refractivity contribution in [1.82, 2.24) is 10.3 Å². The van der Waals surface area contributed by atoms with Gasteiger partial charge < -0.3 is 10.4 Å². The van der Waals surface area contributed by atoms with E-state index in [2.05, 4.69) is 42.2 Å². The summed E-state index contributed by atoms with van der Waals surface area (Å²) in [7, 11) is 0. The molecule has 0 aromatic carbocycles. The molecule has 1 aliphatic rings. The molecule has 2 rings (SSSR count). The average molecular weight is 392 g/mol. The number of rotatable bonds is 4. The van der Waals surface area contributed by atoms with Crippen LogP contribution >= 0.6 is 31.9 Å². The van der Waals surface area contributed by atoms with Crippen molar-refractivity contribution in [2.75, 3.05) is 0 Å². The number of pyridine rings is 1. The van der Waals surface area contributed by atoms with Gasteiger partial charge in [0.2, 0.25) is 0 Å². The summed E-state index contributed by atoms with van der Waals surface area (Å²) in [5.41, 5.74) is 0.976. The molecule has 0 radical (unpaired) electrons. The summed E-state index contributed by atoms with van der Waals surface area (Å²) < 4.78 is 1.93. The summed E-state index contributed by atoms with van der Waals surface area (Å²) in [6.07, 6.45) is 5.16. The monoisotopic (exact) mass is 390 g/mol. The van der Waals surface area contributed by atoms with E-state index in [1.165, 1.54) is 0 Å². The average Bonchev–Trinajstić information content (AvgIpc) is 2.38. The molecule has 2 N–H and O–H groups in total. The zero-order chi connectivity index (χ0) is 13.8. The highest BCUT2D eigenvalue weighted by Gasteiger charge is 2.25. The fourth-order valence-electron chi connectivity index (χ4n) is 2.36. The van der Waals surface area contributed by atoms with Gasteiger partial charge in [0.25, 0.3) is 0 Å². The predicted molar refractivity (Wildman–Crippen MR) is 79.9 cm³/mol. The minimum Gasteiger partial charge on any atom is -0.481 e. The Hall–Kier alpha value is -0.460. The smallest absolute Gasteiger partial charge is 0.306 e. The first-order valence-corrected chi connectivity index (χ1v) is 7.91. The van der Waals surface area contributed by atoms with E-state index in [1.807, 2.05) is 6.07 Å². The quantitative estimate of drug-likeness (QED) is 0.826. The molecular formula is C13H16Br2N2O2. The molecule has 1 aromatic heterocycles. The minimum absolute atomic E-state index is 0.157. The molecule has 0 aliphatic heterocycles.